The third-order valence-electron chi connectivity index (χ3n) is 4.39. The van der Waals surface area contributed by atoms with Gasteiger partial charge in [0.25, 0.3) is 0 Å². The minimum Gasteiger partial charge on any atom is -0.307 e. The van der Waals surface area contributed by atoms with Crippen LogP contribution < -0.4 is 5.32 Å². The van der Waals surface area contributed by atoms with Crippen molar-refractivity contribution >= 4 is 0 Å². The normalized spacial score (nSPS) is 10.9. The molecule has 0 radical (unpaired) electrons. The Kier molecular flexibility index (Phi) is 5.49. The number of nitrogens with zero attached hydrogens (tertiary/aromatic N) is 4. The molecule has 2 aromatic heterocycles. The summed E-state index contributed by atoms with van der Waals surface area (Å²) in [5.74, 6) is -0.252. The molecule has 0 saturated carbocycles. The number of hydrogen-bond donors (Lipinski definition) is 1. The Bertz CT molecular complexity index is 1030. The van der Waals surface area contributed by atoms with Crippen molar-refractivity contribution in [1.29, 1.82) is 0 Å². The molecule has 0 bridgehead atoms. The maximum Gasteiger partial charge on any atom is 0.128 e. The highest BCUT2D eigenvalue weighted by Crippen LogP contribution is 2.20. The number of hydrogen-bond acceptors (Lipinski definition) is 4. The van der Waals surface area contributed by atoms with E-state index in [1.807, 2.05) is 54.7 Å². The molecule has 0 spiro atoms. The third kappa shape index (κ3) is 4.29. The molecule has 6 heteroatoms. The van der Waals surface area contributed by atoms with E-state index < -0.39 is 0 Å². The molecule has 4 aromatic rings. The average molecular weight is 373 g/mol. The first-order valence-electron chi connectivity index (χ1n) is 9.12. The lowest BCUT2D eigenvalue weighted by molar-refractivity contribution is 0.543. The van der Waals surface area contributed by atoms with Crippen LogP contribution in [-0.2, 0) is 19.6 Å². The highest BCUT2D eigenvalue weighted by molar-refractivity contribution is 5.60. The second kappa shape index (κ2) is 8.54. The third-order valence-corrected chi connectivity index (χ3v) is 4.39. The van der Waals surface area contributed by atoms with Gasteiger partial charge in [0, 0.05) is 36.6 Å². The van der Waals surface area contributed by atoms with Crippen molar-refractivity contribution < 1.29 is 4.39 Å². The van der Waals surface area contributed by atoms with Crippen LogP contribution in [0.25, 0.3) is 11.3 Å². The summed E-state index contributed by atoms with van der Waals surface area (Å²) in [6.07, 6.45) is 3.59. The van der Waals surface area contributed by atoms with E-state index in [0.29, 0.717) is 18.7 Å². The summed E-state index contributed by atoms with van der Waals surface area (Å²) in [5, 5.41) is 12.6. The zero-order valence-electron chi connectivity index (χ0n) is 15.3. The Morgan fingerprint density at radius 1 is 0.857 bits per heavy atom. The Hall–Kier alpha value is -3.38. The molecule has 0 saturated heterocycles. The topological polar surface area (TPSA) is 55.6 Å². The zero-order chi connectivity index (χ0) is 19.2. The molecule has 2 aromatic carbocycles. The van der Waals surface area contributed by atoms with Crippen LogP contribution in [0.4, 0.5) is 4.39 Å². The van der Waals surface area contributed by atoms with Crippen molar-refractivity contribution in [3.05, 3.63) is 102 Å². The minimum atomic E-state index is -0.252. The van der Waals surface area contributed by atoms with Crippen molar-refractivity contribution in [2.45, 2.75) is 19.6 Å². The molecule has 0 aliphatic rings. The minimum absolute atomic E-state index is 0.252. The van der Waals surface area contributed by atoms with E-state index in [1.54, 1.807) is 23.1 Å². The molecule has 0 aliphatic carbocycles. The number of aromatic nitrogens is 4. The molecule has 1 N–H and O–H groups in total. The Labute approximate surface area is 162 Å². The molecule has 0 atom stereocenters. The first-order valence-corrected chi connectivity index (χ1v) is 9.12. The maximum atomic E-state index is 14.0. The number of benzene rings is 2. The van der Waals surface area contributed by atoms with Crippen molar-refractivity contribution in [2.24, 2.45) is 0 Å². The lowest BCUT2D eigenvalue weighted by Crippen LogP contribution is -2.14. The standard InChI is InChI=1S/C22H20FN5/c23-20-11-5-4-10-19(20)16-28-26-21(15-25-14-17-7-6-12-24-13-17)22(27-28)18-8-2-1-3-9-18/h1-13,25H,14-16H2. The summed E-state index contributed by atoms with van der Waals surface area (Å²) in [6, 6.07) is 20.5. The van der Waals surface area contributed by atoms with E-state index in [9.17, 15) is 4.39 Å². The molecule has 140 valence electrons. The predicted molar refractivity (Wildman–Crippen MR) is 106 cm³/mol. The van der Waals surface area contributed by atoms with Gasteiger partial charge in [0.05, 0.1) is 6.54 Å². The lowest BCUT2D eigenvalue weighted by atomic mass is 10.1. The van der Waals surface area contributed by atoms with Gasteiger partial charge in [-0.1, -0.05) is 54.6 Å². The fraction of sp³-hybridized carbons (Fsp3) is 0.136. The van der Waals surface area contributed by atoms with E-state index in [1.165, 1.54) is 6.07 Å². The van der Waals surface area contributed by atoms with Gasteiger partial charge in [-0.05, 0) is 17.7 Å². The van der Waals surface area contributed by atoms with Gasteiger partial charge in [0.1, 0.15) is 17.2 Å². The van der Waals surface area contributed by atoms with Crippen LogP contribution >= 0.6 is 0 Å². The van der Waals surface area contributed by atoms with Crippen molar-refractivity contribution in [2.75, 3.05) is 0 Å². The first-order chi connectivity index (χ1) is 13.8. The number of rotatable bonds is 7. The quantitative estimate of drug-likeness (QED) is 0.535. The van der Waals surface area contributed by atoms with Gasteiger partial charge in [-0.25, -0.2) is 4.39 Å². The van der Waals surface area contributed by atoms with Crippen LogP contribution in [0, 0.1) is 5.82 Å². The van der Waals surface area contributed by atoms with Crippen LogP contribution in [0.15, 0.2) is 79.1 Å². The summed E-state index contributed by atoms with van der Waals surface area (Å²) in [5.41, 5.74) is 4.28. The van der Waals surface area contributed by atoms with Crippen molar-refractivity contribution in [1.82, 2.24) is 25.3 Å². The molecule has 28 heavy (non-hydrogen) atoms. The largest absolute Gasteiger partial charge is 0.307 e. The first kappa shape index (κ1) is 18.0. The van der Waals surface area contributed by atoms with E-state index in [2.05, 4.69) is 20.5 Å². The van der Waals surface area contributed by atoms with Gasteiger partial charge >= 0.3 is 0 Å². The summed E-state index contributed by atoms with van der Waals surface area (Å²) in [7, 11) is 0. The van der Waals surface area contributed by atoms with Gasteiger partial charge in [-0.2, -0.15) is 15.0 Å². The molecule has 0 amide bonds. The Morgan fingerprint density at radius 3 is 2.46 bits per heavy atom. The predicted octanol–water partition coefficient (Wildman–Crippen LogP) is 3.82. The summed E-state index contributed by atoms with van der Waals surface area (Å²) < 4.78 is 14.0. The molecular weight excluding hydrogens is 353 g/mol. The van der Waals surface area contributed by atoms with Gasteiger partial charge < -0.3 is 5.32 Å². The monoisotopic (exact) mass is 373 g/mol. The lowest BCUT2D eigenvalue weighted by Gasteiger charge is -2.04. The second-order valence-electron chi connectivity index (χ2n) is 6.45. The molecule has 0 unspecified atom stereocenters. The van der Waals surface area contributed by atoms with E-state index in [-0.39, 0.29) is 12.4 Å². The van der Waals surface area contributed by atoms with Crippen LogP contribution in [0.1, 0.15) is 16.8 Å². The van der Waals surface area contributed by atoms with Gasteiger partial charge in [0.2, 0.25) is 0 Å². The average Bonchev–Trinajstić information content (AvgIpc) is 3.14. The zero-order valence-corrected chi connectivity index (χ0v) is 15.3. The van der Waals surface area contributed by atoms with Gasteiger partial charge in [0.15, 0.2) is 0 Å². The van der Waals surface area contributed by atoms with E-state index in [4.69, 9.17) is 0 Å². The highest BCUT2D eigenvalue weighted by Gasteiger charge is 2.14. The Morgan fingerprint density at radius 2 is 1.68 bits per heavy atom. The SMILES string of the molecule is Fc1ccccc1Cn1nc(CNCc2cccnc2)c(-c2ccccc2)n1. The van der Waals surface area contributed by atoms with Gasteiger partial charge in [-0.15, -0.1) is 0 Å². The van der Waals surface area contributed by atoms with Crippen LogP contribution in [-0.4, -0.2) is 20.0 Å². The van der Waals surface area contributed by atoms with Gasteiger partial charge in [-0.3, -0.25) is 4.98 Å². The molecule has 4 rings (SSSR count). The summed E-state index contributed by atoms with van der Waals surface area (Å²) >= 11 is 0. The highest BCUT2D eigenvalue weighted by atomic mass is 19.1. The summed E-state index contributed by atoms with van der Waals surface area (Å²) in [6.45, 7) is 1.52. The van der Waals surface area contributed by atoms with Crippen molar-refractivity contribution in [3.63, 3.8) is 0 Å². The van der Waals surface area contributed by atoms with Crippen LogP contribution in [0.3, 0.4) is 0 Å². The fourth-order valence-electron chi connectivity index (χ4n) is 3.00. The number of halogens is 1. The second-order valence-corrected chi connectivity index (χ2v) is 6.45. The molecule has 0 aliphatic heterocycles. The fourth-order valence-corrected chi connectivity index (χ4v) is 3.00. The Balaban J connectivity index is 1.56. The number of pyridine rings is 1. The molecular formula is C22H20FN5. The van der Waals surface area contributed by atoms with E-state index in [0.717, 1.165) is 22.5 Å². The molecule has 2 heterocycles. The smallest absolute Gasteiger partial charge is 0.128 e. The molecule has 0 fully saturated rings. The molecule has 5 nitrogen and oxygen atoms in total. The van der Waals surface area contributed by atoms with Crippen molar-refractivity contribution in [3.8, 4) is 11.3 Å². The number of nitrogens with one attached hydrogen (secondary N) is 1. The van der Waals surface area contributed by atoms with Crippen LogP contribution in [0.2, 0.25) is 0 Å². The van der Waals surface area contributed by atoms with Crippen LogP contribution in [0.5, 0.6) is 0 Å². The summed E-state index contributed by atoms with van der Waals surface area (Å²) in [4.78, 5) is 5.68. The van der Waals surface area contributed by atoms with E-state index >= 15 is 0 Å². The maximum absolute atomic E-state index is 14.0.